The number of hydrogen-bond acceptors (Lipinski definition) is 5. The van der Waals surface area contributed by atoms with Gasteiger partial charge in [-0.15, -0.1) is 13.2 Å². The van der Waals surface area contributed by atoms with Gasteiger partial charge in [-0.05, 0) is 24.6 Å². The quantitative estimate of drug-likeness (QED) is 0.447. The molecule has 9 heteroatoms. The maximum absolute atomic E-state index is 12.1. The van der Waals surface area contributed by atoms with Crippen LogP contribution in [0.4, 0.5) is 18.9 Å². The van der Waals surface area contributed by atoms with Gasteiger partial charge in [0.05, 0.1) is 5.69 Å². The number of nitrogens with one attached hydrogen (secondary N) is 2. The molecule has 0 atom stereocenters. The molecule has 1 rings (SSSR count). The highest BCUT2D eigenvalue weighted by molar-refractivity contribution is 6.45. The predicted molar refractivity (Wildman–Crippen MR) is 66.4 cm³/mol. The number of anilines is 1. The summed E-state index contributed by atoms with van der Waals surface area (Å²) in [4.78, 5) is 0. The van der Waals surface area contributed by atoms with Crippen molar-refractivity contribution >= 4 is 17.2 Å². The average Bonchev–Trinajstić information content (AvgIpc) is 2.25. The van der Waals surface area contributed by atoms with Crippen molar-refractivity contribution in [2.24, 2.45) is 10.8 Å². The predicted octanol–water partition coefficient (Wildman–Crippen LogP) is 2.12. The maximum atomic E-state index is 12.1. The zero-order valence-electron chi connectivity index (χ0n) is 10.2. The fraction of sp³-hybridized carbons (Fsp3) is 0.182. The second kappa shape index (κ2) is 5.92. The number of nitrogens with two attached hydrogens (primary N) is 1. The third-order valence-electron chi connectivity index (χ3n) is 1.94. The summed E-state index contributed by atoms with van der Waals surface area (Å²) >= 11 is 0. The molecule has 0 aliphatic heterocycles. The molecule has 0 unspecified atom stereocenters. The van der Waals surface area contributed by atoms with Crippen LogP contribution in [0.1, 0.15) is 5.56 Å². The summed E-state index contributed by atoms with van der Waals surface area (Å²) in [6.07, 6.45) is -4.80. The van der Waals surface area contributed by atoms with E-state index in [1.807, 2.05) is 0 Å². The highest BCUT2D eigenvalue weighted by Crippen LogP contribution is 2.26. The number of hydrazone groups is 1. The summed E-state index contributed by atoms with van der Waals surface area (Å²) in [5.74, 6) is -0.976. The van der Waals surface area contributed by atoms with Crippen molar-refractivity contribution in [1.29, 1.82) is 10.7 Å². The fourth-order valence-electron chi connectivity index (χ4n) is 1.27. The molecule has 0 aliphatic rings. The van der Waals surface area contributed by atoms with E-state index in [9.17, 15) is 13.2 Å². The fourth-order valence-corrected chi connectivity index (χ4v) is 1.27. The first-order valence-electron chi connectivity index (χ1n) is 5.17. The van der Waals surface area contributed by atoms with Crippen LogP contribution in [-0.2, 0) is 0 Å². The van der Waals surface area contributed by atoms with Crippen LogP contribution < -0.4 is 15.9 Å². The van der Waals surface area contributed by atoms with E-state index in [0.717, 1.165) is 6.07 Å². The van der Waals surface area contributed by atoms with Crippen molar-refractivity contribution < 1.29 is 17.9 Å². The highest BCUT2D eigenvalue weighted by atomic mass is 19.4. The molecule has 0 spiro atoms. The topological polar surface area (TPSA) is 107 Å². The first-order chi connectivity index (χ1) is 9.21. The Morgan fingerprint density at radius 2 is 2.10 bits per heavy atom. The van der Waals surface area contributed by atoms with E-state index in [4.69, 9.17) is 16.4 Å². The van der Waals surface area contributed by atoms with Crippen LogP contribution >= 0.6 is 0 Å². The summed E-state index contributed by atoms with van der Waals surface area (Å²) in [6.45, 7) is 1.56. The Hall–Kier alpha value is -2.76. The lowest BCUT2D eigenvalue weighted by Gasteiger charge is -2.11. The molecule has 4 N–H and O–H groups in total. The number of hydrogen-bond donors (Lipinski definition) is 3. The lowest BCUT2D eigenvalue weighted by Crippen LogP contribution is -2.22. The average molecular weight is 285 g/mol. The van der Waals surface area contributed by atoms with Crippen molar-refractivity contribution in [2.75, 3.05) is 5.43 Å². The number of rotatable bonds is 4. The third kappa shape index (κ3) is 4.85. The van der Waals surface area contributed by atoms with Crippen molar-refractivity contribution in [3.05, 3.63) is 23.8 Å². The highest BCUT2D eigenvalue weighted by Gasteiger charge is 2.31. The minimum Gasteiger partial charge on any atom is -0.406 e. The van der Waals surface area contributed by atoms with Gasteiger partial charge in [-0.2, -0.15) is 10.4 Å². The van der Waals surface area contributed by atoms with Gasteiger partial charge in [0.2, 0.25) is 5.71 Å². The number of halogens is 3. The summed E-state index contributed by atoms with van der Waals surface area (Å²) < 4.78 is 40.1. The molecule has 20 heavy (non-hydrogen) atoms. The first kappa shape index (κ1) is 15.3. The van der Waals surface area contributed by atoms with Crippen molar-refractivity contribution in [3.63, 3.8) is 0 Å². The third-order valence-corrected chi connectivity index (χ3v) is 1.94. The van der Waals surface area contributed by atoms with Crippen molar-refractivity contribution in [3.8, 4) is 11.8 Å². The molecule has 1 aromatic carbocycles. The lowest BCUT2D eigenvalue weighted by molar-refractivity contribution is -0.274. The molecule has 0 saturated heterocycles. The van der Waals surface area contributed by atoms with Gasteiger partial charge < -0.3 is 10.5 Å². The summed E-state index contributed by atoms with van der Waals surface area (Å²) in [5, 5.41) is 19.2. The van der Waals surface area contributed by atoms with Crippen LogP contribution in [0, 0.1) is 23.7 Å². The first-order valence-corrected chi connectivity index (χ1v) is 5.17. The van der Waals surface area contributed by atoms with Gasteiger partial charge in [-0.25, -0.2) is 0 Å². The Balaban J connectivity index is 2.97. The standard InChI is InChI=1S/C11H10F3N5O/c1-6-2-7(18-19-9(5-15)10(16)17)4-8(3-6)20-11(12,13)14/h2-4,18H,1H3,(H3,16,17)/b19-9+. The molecule has 6 nitrogen and oxygen atoms in total. The van der Waals surface area contributed by atoms with Crippen LogP contribution in [0.5, 0.6) is 5.75 Å². The van der Waals surface area contributed by atoms with Gasteiger partial charge in [-0.3, -0.25) is 10.8 Å². The van der Waals surface area contributed by atoms with E-state index in [1.54, 1.807) is 13.0 Å². The Morgan fingerprint density at radius 3 is 2.60 bits per heavy atom. The number of benzene rings is 1. The van der Waals surface area contributed by atoms with Crippen molar-refractivity contribution in [2.45, 2.75) is 13.3 Å². The van der Waals surface area contributed by atoms with Crippen LogP contribution in [0.2, 0.25) is 0 Å². The summed E-state index contributed by atoms with van der Waals surface area (Å²) in [6, 6.07) is 5.30. The molecular weight excluding hydrogens is 275 g/mol. The number of nitriles is 1. The second-order valence-corrected chi connectivity index (χ2v) is 3.68. The molecule has 0 bridgehead atoms. The van der Waals surface area contributed by atoms with E-state index < -0.39 is 17.9 Å². The molecule has 0 radical (unpaired) electrons. The van der Waals surface area contributed by atoms with Gasteiger partial charge in [0.1, 0.15) is 11.8 Å². The molecule has 0 saturated carbocycles. The molecule has 0 fully saturated rings. The van der Waals surface area contributed by atoms with E-state index in [1.165, 1.54) is 12.1 Å². The Bertz CT molecular complexity index is 589. The van der Waals surface area contributed by atoms with E-state index in [2.05, 4.69) is 15.3 Å². The summed E-state index contributed by atoms with van der Waals surface area (Å²) in [5.41, 5.74) is 7.68. The van der Waals surface area contributed by atoms with Crippen LogP contribution in [0.3, 0.4) is 0 Å². The smallest absolute Gasteiger partial charge is 0.406 e. The van der Waals surface area contributed by atoms with Gasteiger partial charge >= 0.3 is 6.36 Å². The van der Waals surface area contributed by atoms with Crippen molar-refractivity contribution in [1.82, 2.24) is 0 Å². The minimum atomic E-state index is -4.80. The zero-order valence-corrected chi connectivity index (χ0v) is 10.2. The minimum absolute atomic E-state index is 0.165. The van der Waals surface area contributed by atoms with E-state index in [0.29, 0.717) is 5.56 Å². The molecule has 0 aromatic heterocycles. The Morgan fingerprint density at radius 1 is 1.45 bits per heavy atom. The van der Waals surface area contributed by atoms with E-state index >= 15 is 0 Å². The number of nitrogens with zero attached hydrogens (tertiary/aromatic N) is 2. The van der Waals surface area contributed by atoms with Gasteiger partial charge in [0, 0.05) is 6.07 Å². The molecular formula is C11H10F3N5O. The maximum Gasteiger partial charge on any atom is 0.573 e. The molecule has 0 heterocycles. The van der Waals surface area contributed by atoms with Gasteiger partial charge in [0.15, 0.2) is 5.84 Å². The lowest BCUT2D eigenvalue weighted by atomic mass is 10.2. The molecule has 0 amide bonds. The number of alkyl halides is 3. The Labute approximate surface area is 112 Å². The van der Waals surface area contributed by atoms with Gasteiger partial charge in [-0.1, -0.05) is 0 Å². The second-order valence-electron chi connectivity index (χ2n) is 3.68. The molecule has 106 valence electrons. The van der Waals surface area contributed by atoms with Crippen LogP contribution in [-0.4, -0.2) is 17.9 Å². The summed E-state index contributed by atoms with van der Waals surface area (Å²) in [7, 11) is 0. The van der Waals surface area contributed by atoms with Gasteiger partial charge in [0.25, 0.3) is 0 Å². The zero-order chi connectivity index (χ0) is 15.3. The van der Waals surface area contributed by atoms with Crippen LogP contribution in [0.25, 0.3) is 0 Å². The number of amidine groups is 1. The molecule has 0 aliphatic carbocycles. The number of aryl methyl sites for hydroxylation is 1. The van der Waals surface area contributed by atoms with Crippen LogP contribution in [0.15, 0.2) is 23.3 Å². The normalized spacial score (nSPS) is 11.7. The monoisotopic (exact) mass is 285 g/mol. The number of ether oxygens (including phenoxy) is 1. The van der Waals surface area contributed by atoms with E-state index in [-0.39, 0.29) is 11.4 Å². The largest absolute Gasteiger partial charge is 0.573 e. The SMILES string of the molecule is Cc1cc(N/N=C(\C#N)C(=N)N)cc(OC(F)(F)F)c1. The Kier molecular flexibility index (Phi) is 4.53. The molecule has 1 aromatic rings.